The molecular weight excluding hydrogens is 344 g/mol. The lowest BCUT2D eigenvalue weighted by atomic mass is 10.5. The molecule has 9 heavy (non-hydrogen) atoms. The van der Waals surface area contributed by atoms with E-state index in [0.29, 0.717) is 3.70 Å². The van der Waals surface area contributed by atoms with Crippen molar-refractivity contribution in [1.82, 2.24) is 4.98 Å². The Labute approximate surface area is 80.0 Å². The van der Waals surface area contributed by atoms with Crippen LogP contribution in [0.4, 0.5) is 0 Å². The number of hydrogen-bond donors (Lipinski definition) is 1. The van der Waals surface area contributed by atoms with E-state index in [4.69, 9.17) is 5.11 Å². The molecule has 4 heteroatoms. The zero-order valence-corrected chi connectivity index (χ0v) is 8.62. The predicted octanol–water partition coefficient (Wildman–Crippen LogP) is 2.00. The maximum atomic E-state index is 9.03. The average Bonchev–Trinajstić information content (AvgIpc) is 1.80. The largest absolute Gasteiger partial charge is 0.505 e. The van der Waals surface area contributed by atoms with Crippen molar-refractivity contribution < 1.29 is 5.11 Å². The van der Waals surface area contributed by atoms with Crippen molar-refractivity contribution in [1.29, 1.82) is 0 Å². The molecule has 1 N–H and O–H groups in total. The van der Waals surface area contributed by atoms with Crippen molar-refractivity contribution in [3.8, 4) is 5.75 Å². The Bertz CT molecular complexity index is 226. The van der Waals surface area contributed by atoms with Crippen LogP contribution in [0.15, 0.2) is 12.3 Å². The van der Waals surface area contributed by atoms with Crippen molar-refractivity contribution in [3.05, 3.63) is 19.5 Å². The average molecular weight is 347 g/mol. The van der Waals surface area contributed by atoms with Crippen LogP contribution in [0, 0.1) is 7.27 Å². The summed E-state index contributed by atoms with van der Waals surface area (Å²) in [6, 6.07) is 1.68. The Morgan fingerprint density at radius 3 is 2.56 bits per heavy atom. The third-order valence-electron chi connectivity index (χ3n) is 0.787. The summed E-state index contributed by atoms with van der Waals surface area (Å²) >= 11 is 4.07. The van der Waals surface area contributed by atoms with Gasteiger partial charge < -0.3 is 5.11 Å². The Hall–Kier alpha value is 0.410. The molecule has 0 aliphatic rings. The molecule has 1 aromatic rings. The van der Waals surface area contributed by atoms with Crippen LogP contribution in [0.25, 0.3) is 0 Å². The van der Waals surface area contributed by atoms with Gasteiger partial charge >= 0.3 is 0 Å². The minimum atomic E-state index is 0.252. The standard InChI is InChI=1S/C5H3I2NO/c6-3-1-4(9)5(7)8-2-3/h1-2,9H. The summed E-state index contributed by atoms with van der Waals surface area (Å²) in [4.78, 5) is 3.91. The van der Waals surface area contributed by atoms with Crippen molar-refractivity contribution in [2.75, 3.05) is 0 Å². The van der Waals surface area contributed by atoms with Gasteiger partial charge in [0.15, 0.2) is 0 Å². The molecular formula is C5H3I2NO. The number of nitrogens with zero attached hydrogens (tertiary/aromatic N) is 1. The van der Waals surface area contributed by atoms with Gasteiger partial charge in [0.1, 0.15) is 9.45 Å². The fourth-order valence-electron chi connectivity index (χ4n) is 0.412. The molecule has 0 aliphatic heterocycles. The Balaban J connectivity index is 3.17. The first-order valence-electron chi connectivity index (χ1n) is 2.20. The predicted molar refractivity (Wildman–Crippen MR) is 51.3 cm³/mol. The Morgan fingerprint density at radius 2 is 2.11 bits per heavy atom. The Kier molecular flexibility index (Phi) is 2.50. The fourth-order valence-corrected chi connectivity index (χ4v) is 1.14. The fraction of sp³-hybridized carbons (Fsp3) is 0. The van der Waals surface area contributed by atoms with E-state index in [1.807, 2.05) is 22.6 Å². The van der Waals surface area contributed by atoms with Crippen molar-refractivity contribution >= 4 is 45.2 Å². The summed E-state index contributed by atoms with van der Waals surface area (Å²) in [5.74, 6) is 0.252. The van der Waals surface area contributed by atoms with Crippen LogP contribution < -0.4 is 0 Å². The maximum absolute atomic E-state index is 9.03. The second kappa shape index (κ2) is 3.00. The van der Waals surface area contributed by atoms with Gasteiger partial charge in [0.25, 0.3) is 0 Å². The molecule has 1 rings (SSSR count). The van der Waals surface area contributed by atoms with E-state index in [0.717, 1.165) is 3.57 Å². The lowest BCUT2D eigenvalue weighted by Crippen LogP contribution is -1.80. The molecule has 0 radical (unpaired) electrons. The quantitative estimate of drug-likeness (QED) is 0.575. The highest BCUT2D eigenvalue weighted by Crippen LogP contribution is 2.18. The summed E-state index contributed by atoms with van der Waals surface area (Å²) in [7, 11) is 0. The number of aromatic nitrogens is 1. The molecule has 0 fully saturated rings. The van der Waals surface area contributed by atoms with Crippen LogP contribution in [0.2, 0.25) is 0 Å². The van der Waals surface area contributed by atoms with Crippen LogP contribution in [0.5, 0.6) is 5.75 Å². The van der Waals surface area contributed by atoms with Gasteiger partial charge in [-0.2, -0.15) is 0 Å². The van der Waals surface area contributed by atoms with Crippen molar-refractivity contribution in [2.24, 2.45) is 0 Å². The number of halogens is 2. The van der Waals surface area contributed by atoms with Crippen LogP contribution in [-0.2, 0) is 0 Å². The topological polar surface area (TPSA) is 33.1 Å². The van der Waals surface area contributed by atoms with Gasteiger partial charge in [-0.25, -0.2) is 4.98 Å². The van der Waals surface area contributed by atoms with Crippen molar-refractivity contribution in [3.63, 3.8) is 0 Å². The van der Waals surface area contributed by atoms with Crippen molar-refractivity contribution in [2.45, 2.75) is 0 Å². The van der Waals surface area contributed by atoms with E-state index in [-0.39, 0.29) is 5.75 Å². The normalized spacial score (nSPS) is 9.56. The maximum Gasteiger partial charge on any atom is 0.148 e. The summed E-state index contributed by atoms with van der Waals surface area (Å²) < 4.78 is 1.60. The SMILES string of the molecule is Oc1cc(I)cnc1I. The molecule has 0 atom stereocenters. The van der Waals surface area contributed by atoms with Crippen LogP contribution in [0.3, 0.4) is 0 Å². The highest BCUT2D eigenvalue weighted by molar-refractivity contribution is 14.1. The van der Waals surface area contributed by atoms with Crippen LogP contribution in [-0.4, -0.2) is 10.1 Å². The molecule has 0 saturated carbocycles. The highest BCUT2D eigenvalue weighted by atomic mass is 127. The first kappa shape index (κ1) is 7.52. The van der Waals surface area contributed by atoms with E-state index in [1.54, 1.807) is 12.3 Å². The number of aromatic hydroxyl groups is 1. The summed E-state index contributed by atoms with van der Waals surface area (Å²) in [5.41, 5.74) is 0. The summed E-state index contributed by atoms with van der Waals surface area (Å²) in [5, 5.41) is 9.03. The van der Waals surface area contributed by atoms with Gasteiger partial charge in [0.2, 0.25) is 0 Å². The van der Waals surface area contributed by atoms with E-state index < -0.39 is 0 Å². The number of hydrogen-bond acceptors (Lipinski definition) is 2. The molecule has 0 amide bonds. The lowest BCUT2D eigenvalue weighted by Gasteiger charge is -1.93. The van der Waals surface area contributed by atoms with Gasteiger partial charge in [0, 0.05) is 9.77 Å². The molecule has 1 aromatic heterocycles. The van der Waals surface area contributed by atoms with Gasteiger partial charge in [-0.1, -0.05) is 0 Å². The number of pyridine rings is 1. The van der Waals surface area contributed by atoms with E-state index in [9.17, 15) is 0 Å². The summed E-state index contributed by atoms with van der Waals surface area (Å²) in [6.45, 7) is 0. The van der Waals surface area contributed by atoms with Gasteiger partial charge in [-0.15, -0.1) is 0 Å². The third kappa shape index (κ3) is 1.92. The molecule has 0 aromatic carbocycles. The number of rotatable bonds is 0. The molecule has 0 saturated heterocycles. The molecule has 0 unspecified atom stereocenters. The third-order valence-corrected chi connectivity index (χ3v) is 2.21. The highest BCUT2D eigenvalue weighted by Gasteiger charge is 1.96. The van der Waals surface area contributed by atoms with E-state index >= 15 is 0 Å². The summed E-state index contributed by atoms with van der Waals surface area (Å²) in [6.07, 6.45) is 1.71. The molecule has 0 aliphatic carbocycles. The second-order valence-corrected chi connectivity index (χ2v) is 3.73. The second-order valence-electron chi connectivity index (χ2n) is 1.46. The Morgan fingerprint density at radius 1 is 1.44 bits per heavy atom. The zero-order chi connectivity index (χ0) is 6.85. The first-order chi connectivity index (χ1) is 4.20. The zero-order valence-electron chi connectivity index (χ0n) is 4.31. The molecule has 48 valence electrons. The molecule has 1 heterocycles. The van der Waals surface area contributed by atoms with Crippen LogP contribution >= 0.6 is 45.2 Å². The lowest BCUT2D eigenvalue weighted by molar-refractivity contribution is 0.467. The molecule has 2 nitrogen and oxygen atoms in total. The van der Waals surface area contributed by atoms with E-state index in [2.05, 4.69) is 27.6 Å². The van der Waals surface area contributed by atoms with Crippen LogP contribution in [0.1, 0.15) is 0 Å². The van der Waals surface area contributed by atoms with E-state index in [1.165, 1.54) is 0 Å². The van der Waals surface area contributed by atoms with Gasteiger partial charge in [0.05, 0.1) is 0 Å². The first-order valence-corrected chi connectivity index (χ1v) is 4.36. The molecule has 0 spiro atoms. The minimum absolute atomic E-state index is 0.252. The minimum Gasteiger partial charge on any atom is -0.505 e. The monoisotopic (exact) mass is 347 g/mol. The smallest absolute Gasteiger partial charge is 0.148 e. The molecule has 0 bridgehead atoms. The van der Waals surface area contributed by atoms with Gasteiger partial charge in [-0.05, 0) is 51.2 Å². The van der Waals surface area contributed by atoms with Gasteiger partial charge in [-0.3, -0.25) is 0 Å².